The highest BCUT2D eigenvalue weighted by atomic mass is 16.4. The topological polar surface area (TPSA) is 93.1 Å². The molecule has 21 heavy (non-hydrogen) atoms. The summed E-state index contributed by atoms with van der Waals surface area (Å²) in [7, 11) is 3.83. The largest absolute Gasteiger partial charge is 0.480 e. The van der Waals surface area contributed by atoms with Crippen molar-refractivity contribution in [2.75, 3.05) is 27.2 Å². The van der Waals surface area contributed by atoms with Crippen molar-refractivity contribution in [3.05, 3.63) is 0 Å². The van der Waals surface area contributed by atoms with E-state index in [0.29, 0.717) is 25.8 Å². The zero-order valence-electron chi connectivity index (χ0n) is 12.7. The lowest BCUT2D eigenvalue weighted by Crippen LogP contribution is -2.58. The van der Waals surface area contributed by atoms with Crippen LogP contribution in [0.4, 0.5) is 4.79 Å². The predicted molar refractivity (Wildman–Crippen MR) is 77.0 cm³/mol. The van der Waals surface area contributed by atoms with Crippen molar-refractivity contribution in [3.63, 3.8) is 0 Å². The normalized spacial score (nSPS) is 28.1. The number of carbonyl (C=O) groups excluding carboxylic acids is 1. The molecule has 2 aliphatic rings. The minimum Gasteiger partial charge on any atom is -0.480 e. The van der Waals surface area contributed by atoms with Gasteiger partial charge in [-0.2, -0.15) is 0 Å². The van der Waals surface area contributed by atoms with Crippen LogP contribution >= 0.6 is 0 Å². The first kappa shape index (κ1) is 16.0. The Morgan fingerprint density at radius 2 is 1.95 bits per heavy atom. The number of carbonyl (C=O) groups is 2. The molecule has 0 aromatic heterocycles. The van der Waals surface area contributed by atoms with Crippen LogP contribution < -0.4 is 5.32 Å². The zero-order valence-corrected chi connectivity index (χ0v) is 12.7. The van der Waals surface area contributed by atoms with E-state index < -0.39 is 17.6 Å². The molecule has 7 heteroatoms. The van der Waals surface area contributed by atoms with Gasteiger partial charge >= 0.3 is 12.0 Å². The van der Waals surface area contributed by atoms with Gasteiger partial charge in [0.25, 0.3) is 0 Å². The molecular formula is C14H25N3O4. The van der Waals surface area contributed by atoms with Crippen molar-refractivity contribution < 1.29 is 19.8 Å². The third kappa shape index (κ3) is 3.47. The molecule has 2 amide bonds. The van der Waals surface area contributed by atoms with Crippen molar-refractivity contribution in [1.29, 1.82) is 0 Å². The van der Waals surface area contributed by atoms with Crippen LogP contribution in [0.2, 0.25) is 0 Å². The molecule has 7 nitrogen and oxygen atoms in total. The van der Waals surface area contributed by atoms with E-state index in [1.54, 1.807) is 4.90 Å². The minimum absolute atomic E-state index is 0.0813. The SMILES string of the molecule is CN(C)CC1CC(O)CN1C(=O)NC1(C(=O)O)CCCC1. The Morgan fingerprint density at radius 3 is 2.48 bits per heavy atom. The average Bonchev–Trinajstić information content (AvgIpc) is 2.96. The summed E-state index contributed by atoms with van der Waals surface area (Å²) in [5, 5.41) is 22.0. The van der Waals surface area contributed by atoms with Crippen LogP contribution in [0.3, 0.4) is 0 Å². The van der Waals surface area contributed by atoms with Crippen molar-refractivity contribution in [2.24, 2.45) is 0 Å². The molecule has 0 aromatic carbocycles. The lowest BCUT2D eigenvalue weighted by molar-refractivity contribution is -0.144. The number of carboxylic acid groups (broad SMARTS) is 1. The minimum atomic E-state index is -1.13. The van der Waals surface area contributed by atoms with Gasteiger partial charge in [-0.3, -0.25) is 0 Å². The van der Waals surface area contributed by atoms with Crippen molar-refractivity contribution in [3.8, 4) is 0 Å². The van der Waals surface area contributed by atoms with Crippen molar-refractivity contribution >= 4 is 12.0 Å². The highest BCUT2D eigenvalue weighted by Gasteiger charge is 2.45. The van der Waals surface area contributed by atoms with Crippen LogP contribution in [-0.2, 0) is 4.79 Å². The molecule has 2 unspecified atom stereocenters. The fraction of sp³-hybridized carbons (Fsp3) is 0.857. The van der Waals surface area contributed by atoms with Gasteiger partial charge < -0.3 is 25.3 Å². The lowest BCUT2D eigenvalue weighted by Gasteiger charge is -2.32. The Balaban J connectivity index is 2.05. The fourth-order valence-corrected chi connectivity index (χ4v) is 3.38. The molecule has 2 rings (SSSR count). The van der Waals surface area contributed by atoms with Gasteiger partial charge in [-0.15, -0.1) is 0 Å². The van der Waals surface area contributed by atoms with E-state index in [2.05, 4.69) is 5.32 Å². The van der Waals surface area contributed by atoms with Crippen LogP contribution in [0.15, 0.2) is 0 Å². The van der Waals surface area contributed by atoms with Crippen molar-refractivity contribution in [2.45, 2.75) is 49.8 Å². The number of nitrogens with zero attached hydrogens (tertiary/aromatic N) is 2. The number of carboxylic acids is 1. The molecule has 0 bridgehead atoms. The molecule has 3 N–H and O–H groups in total. The summed E-state index contributed by atoms with van der Waals surface area (Å²) in [6, 6.07) is -0.454. The Kier molecular flexibility index (Phi) is 4.73. The fourth-order valence-electron chi connectivity index (χ4n) is 3.38. The van der Waals surface area contributed by atoms with E-state index in [1.165, 1.54) is 0 Å². The summed E-state index contributed by atoms with van der Waals surface area (Å²) in [5.74, 6) is -0.961. The molecule has 0 radical (unpaired) electrons. The number of aliphatic hydroxyl groups excluding tert-OH is 1. The van der Waals surface area contributed by atoms with E-state index in [0.717, 1.165) is 12.8 Å². The summed E-state index contributed by atoms with van der Waals surface area (Å²) < 4.78 is 0. The molecule has 1 heterocycles. The number of aliphatic carboxylic acids is 1. The Bertz CT molecular complexity index is 407. The molecule has 1 aliphatic heterocycles. The standard InChI is InChI=1S/C14H25N3O4/c1-16(2)8-10-7-11(18)9-17(10)13(21)15-14(12(19)20)5-3-4-6-14/h10-11,18H,3-9H2,1-2H3,(H,15,21)(H,19,20). The molecular weight excluding hydrogens is 274 g/mol. The second-order valence-corrected chi connectivity index (χ2v) is 6.48. The second-order valence-electron chi connectivity index (χ2n) is 6.48. The number of hydrogen-bond donors (Lipinski definition) is 3. The summed E-state index contributed by atoms with van der Waals surface area (Å²) in [6.07, 6.45) is 2.58. The number of amides is 2. The Labute approximate surface area is 124 Å². The number of likely N-dealkylation sites (N-methyl/N-ethyl adjacent to an activating group) is 1. The third-order valence-electron chi connectivity index (χ3n) is 4.44. The molecule has 0 aromatic rings. The predicted octanol–water partition coefficient (Wildman–Crippen LogP) is 0.0902. The maximum absolute atomic E-state index is 12.5. The summed E-state index contributed by atoms with van der Waals surface area (Å²) in [5.41, 5.74) is -1.13. The first-order chi connectivity index (χ1) is 9.84. The quantitative estimate of drug-likeness (QED) is 0.684. The van der Waals surface area contributed by atoms with E-state index in [-0.39, 0.29) is 18.6 Å². The number of hydrogen-bond acceptors (Lipinski definition) is 4. The maximum atomic E-state index is 12.5. The van der Waals surface area contributed by atoms with E-state index in [9.17, 15) is 19.8 Å². The zero-order chi connectivity index (χ0) is 15.6. The summed E-state index contributed by atoms with van der Waals surface area (Å²) >= 11 is 0. The molecule has 120 valence electrons. The van der Waals surface area contributed by atoms with E-state index in [1.807, 2.05) is 19.0 Å². The van der Waals surface area contributed by atoms with E-state index >= 15 is 0 Å². The first-order valence-corrected chi connectivity index (χ1v) is 7.49. The average molecular weight is 299 g/mol. The number of rotatable bonds is 4. The van der Waals surface area contributed by atoms with Crippen LogP contribution in [0, 0.1) is 0 Å². The molecule has 1 saturated carbocycles. The number of urea groups is 1. The highest BCUT2D eigenvalue weighted by Crippen LogP contribution is 2.30. The molecule has 2 atom stereocenters. The summed E-state index contributed by atoms with van der Waals surface area (Å²) in [6.45, 7) is 0.921. The van der Waals surface area contributed by atoms with Crippen molar-refractivity contribution in [1.82, 2.24) is 15.1 Å². The Hall–Kier alpha value is -1.34. The van der Waals surface area contributed by atoms with Gasteiger partial charge in [0.05, 0.1) is 6.10 Å². The van der Waals surface area contributed by atoms with E-state index in [4.69, 9.17) is 0 Å². The Morgan fingerprint density at radius 1 is 1.33 bits per heavy atom. The van der Waals surface area contributed by atoms with Gasteiger partial charge in [0, 0.05) is 19.1 Å². The van der Waals surface area contributed by atoms with Gasteiger partial charge in [-0.05, 0) is 33.4 Å². The third-order valence-corrected chi connectivity index (χ3v) is 4.44. The van der Waals surface area contributed by atoms with Crippen LogP contribution in [0.5, 0.6) is 0 Å². The first-order valence-electron chi connectivity index (χ1n) is 7.49. The maximum Gasteiger partial charge on any atom is 0.329 e. The van der Waals surface area contributed by atoms with Gasteiger partial charge in [-0.25, -0.2) is 9.59 Å². The van der Waals surface area contributed by atoms with Crippen LogP contribution in [-0.4, -0.2) is 76.9 Å². The van der Waals surface area contributed by atoms with Gasteiger partial charge in [0.2, 0.25) is 0 Å². The molecule has 0 spiro atoms. The number of aliphatic hydroxyl groups is 1. The highest BCUT2D eigenvalue weighted by molar-refractivity contribution is 5.86. The number of β-amino-alcohol motifs (C(OH)–C–C–N with tert-alkyl or cyclic N) is 1. The molecule has 2 fully saturated rings. The summed E-state index contributed by atoms with van der Waals surface area (Å²) in [4.78, 5) is 27.5. The van der Waals surface area contributed by atoms with Gasteiger partial charge in [0.15, 0.2) is 0 Å². The van der Waals surface area contributed by atoms with Crippen LogP contribution in [0.1, 0.15) is 32.1 Å². The molecule has 1 aliphatic carbocycles. The lowest BCUT2D eigenvalue weighted by atomic mass is 9.98. The van der Waals surface area contributed by atoms with Gasteiger partial charge in [-0.1, -0.05) is 12.8 Å². The monoisotopic (exact) mass is 299 g/mol. The van der Waals surface area contributed by atoms with Gasteiger partial charge in [0.1, 0.15) is 5.54 Å². The second kappa shape index (κ2) is 6.19. The smallest absolute Gasteiger partial charge is 0.329 e. The number of nitrogens with one attached hydrogen (secondary N) is 1. The van der Waals surface area contributed by atoms with Crippen LogP contribution in [0.25, 0.3) is 0 Å². The molecule has 1 saturated heterocycles. The number of likely N-dealkylation sites (tertiary alicyclic amines) is 1.